The van der Waals surface area contributed by atoms with E-state index in [2.05, 4.69) is 5.32 Å². The van der Waals surface area contributed by atoms with Crippen LogP contribution in [-0.4, -0.2) is 31.7 Å². The Kier molecular flexibility index (Phi) is 5.30. The molecule has 1 aromatic carbocycles. The predicted molar refractivity (Wildman–Crippen MR) is 76.0 cm³/mol. The van der Waals surface area contributed by atoms with Gasteiger partial charge in [-0.3, -0.25) is 4.79 Å². The molecule has 1 heterocycles. The molecule has 2 rings (SSSR count). The molecule has 0 aromatic heterocycles. The zero-order chi connectivity index (χ0) is 15.2. The van der Waals surface area contributed by atoms with Crippen LogP contribution in [0.25, 0.3) is 0 Å². The SMILES string of the molecule is O=C(COC(=O)C1=COCCO1)Nc1cccc(Cl)c1Cl. The van der Waals surface area contributed by atoms with E-state index in [0.29, 0.717) is 17.3 Å². The van der Waals surface area contributed by atoms with Crippen molar-refractivity contribution in [3.05, 3.63) is 40.3 Å². The number of carbonyl (C=O) groups is 2. The van der Waals surface area contributed by atoms with Gasteiger partial charge in [-0.15, -0.1) is 0 Å². The topological polar surface area (TPSA) is 73.9 Å². The number of anilines is 1. The highest BCUT2D eigenvalue weighted by Gasteiger charge is 2.18. The van der Waals surface area contributed by atoms with Crippen LogP contribution in [0.15, 0.2) is 30.2 Å². The number of carbonyl (C=O) groups excluding carboxylic acids is 2. The maximum atomic E-state index is 11.7. The number of hydrogen-bond donors (Lipinski definition) is 1. The number of rotatable bonds is 4. The van der Waals surface area contributed by atoms with Crippen molar-refractivity contribution < 1.29 is 23.8 Å². The summed E-state index contributed by atoms with van der Waals surface area (Å²) in [7, 11) is 0. The second-order valence-corrected chi connectivity index (χ2v) is 4.71. The molecular weight excluding hydrogens is 321 g/mol. The van der Waals surface area contributed by atoms with E-state index in [4.69, 9.17) is 37.4 Å². The lowest BCUT2D eigenvalue weighted by molar-refractivity contribution is -0.148. The zero-order valence-electron chi connectivity index (χ0n) is 10.7. The first-order valence-electron chi connectivity index (χ1n) is 5.93. The third-order valence-electron chi connectivity index (χ3n) is 2.41. The molecule has 0 spiro atoms. The van der Waals surface area contributed by atoms with E-state index in [0.717, 1.165) is 6.26 Å². The fourth-order valence-electron chi connectivity index (χ4n) is 1.46. The van der Waals surface area contributed by atoms with Crippen molar-refractivity contribution in [2.24, 2.45) is 0 Å². The van der Waals surface area contributed by atoms with E-state index in [1.54, 1.807) is 18.2 Å². The Labute approximate surface area is 130 Å². The molecule has 1 aromatic rings. The number of benzene rings is 1. The Balaban J connectivity index is 1.86. The molecule has 0 saturated carbocycles. The highest BCUT2D eigenvalue weighted by molar-refractivity contribution is 6.44. The van der Waals surface area contributed by atoms with Gasteiger partial charge in [0.05, 0.1) is 15.7 Å². The monoisotopic (exact) mass is 331 g/mol. The van der Waals surface area contributed by atoms with Gasteiger partial charge in [0.25, 0.3) is 5.91 Å². The highest BCUT2D eigenvalue weighted by Crippen LogP contribution is 2.29. The lowest BCUT2D eigenvalue weighted by Gasteiger charge is -2.14. The molecule has 8 heteroatoms. The van der Waals surface area contributed by atoms with Gasteiger partial charge >= 0.3 is 5.97 Å². The first-order chi connectivity index (χ1) is 10.1. The fraction of sp³-hybridized carbons (Fsp3) is 0.231. The van der Waals surface area contributed by atoms with Gasteiger partial charge in [0.15, 0.2) is 6.61 Å². The van der Waals surface area contributed by atoms with Crippen LogP contribution in [0.5, 0.6) is 0 Å². The summed E-state index contributed by atoms with van der Waals surface area (Å²) in [5, 5.41) is 3.01. The molecule has 1 aliphatic heterocycles. The Hall–Kier alpha value is -1.92. The van der Waals surface area contributed by atoms with Crippen molar-refractivity contribution in [3.8, 4) is 0 Å². The summed E-state index contributed by atoms with van der Waals surface area (Å²) < 4.78 is 14.7. The van der Waals surface area contributed by atoms with Gasteiger partial charge in [-0.2, -0.15) is 0 Å². The van der Waals surface area contributed by atoms with Crippen LogP contribution in [0, 0.1) is 0 Å². The smallest absolute Gasteiger partial charge is 0.377 e. The average molecular weight is 332 g/mol. The number of nitrogens with one attached hydrogen (secondary N) is 1. The third-order valence-corrected chi connectivity index (χ3v) is 3.23. The molecule has 1 N–H and O–H groups in total. The second kappa shape index (κ2) is 7.19. The summed E-state index contributed by atoms with van der Waals surface area (Å²) in [4.78, 5) is 23.2. The van der Waals surface area contributed by atoms with Crippen LogP contribution < -0.4 is 5.32 Å². The molecule has 0 atom stereocenters. The minimum atomic E-state index is -0.776. The maximum Gasteiger partial charge on any atom is 0.377 e. The average Bonchev–Trinajstić information content (AvgIpc) is 2.50. The first kappa shape index (κ1) is 15.5. The third kappa shape index (κ3) is 4.27. The van der Waals surface area contributed by atoms with Crippen molar-refractivity contribution in [3.63, 3.8) is 0 Å². The normalized spacial score (nSPS) is 13.5. The van der Waals surface area contributed by atoms with E-state index < -0.39 is 18.5 Å². The number of amides is 1. The predicted octanol–water partition coefficient (Wildman–Crippen LogP) is 2.36. The van der Waals surface area contributed by atoms with E-state index in [9.17, 15) is 9.59 Å². The van der Waals surface area contributed by atoms with Crippen LogP contribution in [0.1, 0.15) is 0 Å². The summed E-state index contributed by atoms with van der Waals surface area (Å²) in [6.07, 6.45) is 1.15. The van der Waals surface area contributed by atoms with Gasteiger partial charge in [0, 0.05) is 0 Å². The molecule has 21 heavy (non-hydrogen) atoms. The largest absolute Gasteiger partial charge is 0.493 e. The lowest BCUT2D eigenvalue weighted by Crippen LogP contribution is -2.23. The fourth-order valence-corrected chi connectivity index (χ4v) is 1.81. The Morgan fingerprint density at radius 2 is 2.10 bits per heavy atom. The maximum absolute atomic E-state index is 11.7. The summed E-state index contributed by atoms with van der Waals surface area (Å²) in [5.74, 6) is -1.40. The van der Waals surface area contributed by atoms with Crippen LogP contribution >= 0.6 is 23.2 Å². The van der Waals surface area contributed by atoms with E-state index in [1.807, 2.05) is 0 Å². The molecule has 0 saturated heterocycles. The number of ether oxygens (including phenoxy) is 3. The molecule has 0 bridgehead atoms. The Bertz CT molecular complexity index is 588. The second-order valence-electron chi connectivity index (χ2n) is 3.93. The Morgan fingerprint density at radius 3 is 2.81 bits per heavy atom. The van der Waals surface area contributed by atoms with Crippen molar-refractivity contribution in [2.45, 2.75) is 0 Å². The van der Waals surface area contributed by atoms with Crippen LogP contribution in [-0.2, 0) is 23.8 Å². The van der Waals surface area contributed by atoms with Gasteiger partial charge in [0.1, 0.15) is 19.5 Å². The quantitative estimate of drug-likeness (QED) is 0.857. The van der Waals surface area contributed by atoms with E-state index >= 15 is 0 Å². The van der Waals surface area contributed by atoms with Crippen molar-refractivity contribution in [1.29, 1.82) is 0 Å². The van der Waals surface area contributed by atoms with Crippen LogP contribution in [0.4, 0.5) is 5.69 Å². The summed E-state index contributed by atoms with van der Waals surface area (Å²) in [6, 6.07) is 4.80. The molecule has 0 radical (unpaired) electrons. The number of halogens is 2. The lowest BCUT2D eigenvalue weighted by atomic mass is 10.3. The highest BCUT2D eigenvalue weighted by atomic mass is 35.5. The van der Waals surface area contributed by atoms with Crippen LogP contribution in [0.2, 0.25) is 10.0 Å². The van der Waals surface area contributed by atoms with Gasteiger partial charge < -0.3 is 19.5 Å². The minimum Gasteiger partial charge on any atom is -0.493 e. The molecule has 6 nitrogen and oxygen atoms in total. The molecule has 0 aliphatic carbocycles. The molecule has 1 amide bonds. The van der Waals surface area contributed by atoms with Gasteiger partial charge in [0.2, 0.25) is 5.76 Å². The summed E-state index contributed by atoms with van der Waals surface area (Å²) >= 11 is 11.7. The minimum absolute atomic E-state index is 0.0742. The summed E-state index contributed by atoms with van der Waals surface area (Å²) in [6.45, 7) is 0.137. The van der Waals surface area contributed by atoms with Gasteiger partial charge in [-0.05, 0) is 12.1 Å². The van der Waals surface area contributed by atoms with E-state index in [-0.39, 0.29) is 17.4 Å². The van der Waals surface area contributed by atoms with Crippen molar-refractivity contribution in [1.82, 2.24) is 0 Å². The standard InChI is InChI=1S/C13H11Cl2NO5/c14-8-2-1-3-9(12(8)15)16-11(17)7-21-13(18)10-6-19-4-5-20-10/h1-3,6H,4-5,7H2,(H,16,17). The summed E-state index contributed by atoms with van der Waals surface area (Å²) in [5.41, 5.74) is 0.335. The number of hydrogen-bond acceptors (Lipinski definition) is 5. The molecular formula is C13H11Cl2NO5. The molecule has 1 aliphatic rings. The molecule has 112 valence electrons. The zero-order valence-corrected chi connectivity index (χ0v) is 12.2. The van der Waals surface area contributed by atoms with E-state index in [1.165, 1.54) is 0 Å². The van der Waals surface area contributed by atoms with Gasteiger partial charge in [-0.25, -0.2) is 4.79 Å². The molecule has 0 unspecified atom stereocenters. The molecule has 0 fully saturated rings. The number of esters is 1. The van der Waals surface area contributed by atoms with Crippen LogP contribution in [0.3, 0.4) is 0 Å². The first-order valence-corrected chi connectivity index (χ1v) is 6.69. The Morgan fingerprint density at radius 1 is 1.29 bits per heavy atom. The van der Waals surface area contributed by atoms with Crippen molar-refractivity contribution in [2.75, 3.05) is 25.1 Å². The van der Waals surface area contributed by atoms with Crippen molar-refractivity contribution >= 4 is 40.8 Å². The van der Waals surface area contributed by atoms with Gasteiger partial charge in [-0.1, -0.05) is 29.3 Å².